The maximum Gasteiger partial charge on any atom is 0.264 e. The van der Waals surface area contributed by atoms with Crippen LogP contribution in [-0.2, 0) is 16.1 Å². The van der Waals surface area contributed by atoms with Gasteiger partial charge in [-0.2, -0.15) is 0 Å². The SMILES string of the molecule is Cc1ccc(N=C2NC(=O)/C(=C/c3cn(CC(N)=O)c4ccccc34)S2)cc1. The first kappa shape index (κ1) is 18.1. The van der Waals surface area contributed by atoms with Gasteiger partial charge < -0.3 is 15.6 Å². The Hall–Kier alpha value is -3.32. The van der Waals surface area contributed by atoms with Gasteiger partial charge in [0.15, 0.2) is 5.17 Å². The van der Waals surface area contributed by atoms with Gasteiger partial charge in [-0.1, -0.05) is 35.9 Å². The molecule has 140 valence electrons. The van der Waals surface area contributed by atoms with Gasteiger partial charge >= 0.3 is 0 Å². The number of nitrogens with two attached hydrogens (primary N) is 1. The van der Waals surface area contributed by atoms with Crippen LogP contribution in [0.1, 0.15) is 11.1 Å². The Balaban J connectivity index is 1.67. The molecule has 0 saturated carbocycles. The summed E-state index contributed by atoms with van der Waals surface area (Å²) in [5.74, 6) is -0.608. The number of nitrogens with zero attached hydrogens (tertiary/aromatic N) is 2. The number of aromatic nitrogens is 1. The number of benzene rings is 2. The smallest absolute Gasteiger partial charge is 0.264 e. The second-order valence-electron chi connectivity index (χ2n) is 6.51. The molecule has 3 N–H and O–H groups in total. The van der Waals surface area contributed by atoms with Crippen LogP contribution in [-0.4, -0.2) is 21.5 Å². The van der Waals surface area contributed by atoms with E-state index >= 15 is 0 Å². The Kier molecular flexibility index (Phi) is 4.75. The van der Waals surface area contributed by atoms with Gasteiger partial charge in [-0.15, -0.1) is 0 Å². The third-order valence-corrected chi connectivity index (χ3v) is 5.26. The van der Waals surface area contributed by atoms with Crippen molar-refractivity contribution >= 4 is 51.4 Å². The first-order valence-electron chi connectivity index (χ1n) is 8.72. The molecule has 0 radical (unpaired) electrons. The summed E-state index contributed by atoms with van der Waals surface area (Å²) in [6.45, 7) is 2.10. The topological polar surface area (TPSA) is 89.5 Å². The van der Waals surface area contributed by atoms with Gasteiger partial charge in [-0.05, 0) is 43.0 Å². The first-order valence-corrected chi connectivity index (χ1v) is 9.54. The molecule has 1 aliphatic heterocycles. The van der Waals surface area contributed by atoms with Crippen molar-refractivity contribution < 1.29 is 9.59 Å². The summed E-state index contributed by atoms with van der Waals surface area (Å²) >= 11 is 1.29. The molecule has 2 heterocycles. The maximum absolute atomic E-state index is 12.4. The van der Waals surface area contributed by atoms with Gasteiger partial charge in [-0.25, -0.2) is 4.99 Å². The van der Waals surface area contributed by atoms with Crippen molar-refractivity contribution in [3.8, 4) is 0 Å². The number of amides is 2. The standard InChI is InChI=1S/C21H18N4O2S/c1-13-6-8-15(9-7-13)23-21-24-20(27)18(28-21)10-14-11-25(12-19(22)26)17-5-3-2-4-16(14)17/h2-11H,12H2,1H3,(H2,22,26)(H,23,24,27)/b18-10-. The van der Waals surface area contributed by atoms with Crippen LogP contribution >= 0.6 is 11.8 Å². The zero-order chi connectivity index (χ0) is 19.7. The number of hydrogen-bond donors (Lipinski definition) is 2. The lowest BCUT2D eigenvalue weighted by molar-refractivity contribution is -0.118. The van der Waals surface area contributed by atoms with Crippen molar-refractivity contribution in [3.63, 3.8) is 0 Å². The quantitative estimate of drug-likeness (QED) is 0.670. The number of para-hydroxylation sites is 1. The van der Waals surface area contributed by atoms with Crippen molar-refractivity contribution in [3.05, 3.63) is 70.8 Å². The molecule has 6 nitrogen and oxygen atoms in total. The molecule has 0 aliphatic carbocycles. The van der Waals surface area contributed by atoms with Crippen molar-refractivity contribution in [1.29, 1.82) is 0 Å². The predicted molar refractivity (Wildman–Crippen MR) is 113 cm³/mol. The molecule has 28 heavy (non-hydrogen) atoms. The number of rotatable bonds is 4. The van der Waals surface area contributed by atoms with E-state index in [4.69, 9.17) is 5.73 Å². The number of carbonyl (C=O) groups excluding carboxylic acids is 2. The first-order chi connectivity index (χ1) is 13.5. The normalized spacial score (nSPS) is 16.8. The average molecular weight is 390 g/mol. The van der Waals surface area contributed by atoms with Crippen LogP contribution in [0.15, 0.2) is 64.6 Å². The Bertz CT molecular complexity index is 1140. The fourth-order valence-corrected chi connectivity index (χ4v) is 3.88. The number of primary amides is 1. The zero-order valence-electron chi connectivity index (χ0n) is 15.2. The minimum absolute atomic E-state index is 0.0865. The number of aliphatic imine (C=N–C) groups is 1. The number of fused-ring (bicyclic) bond motifs is 1. The van der Waals surface area contributed by atoms with Crippen LogP contribution in [0, 0.1) is 6.92 Å². The average Bonchev–Trinajstić information content (AvgIpc) is 3.18. The van der Waals surface area contributed by atoms with Gasteiger partial charge in [0.1, 0.15) is 6.54 Å². The van der Waals surface area contributed by atoms with Crippen molar-refractivity contribution in [2.24, 2.45) is 10.7 Å². The summed E-state index contributed by atoms with van der Waals surface area (Å²) in [7, 11) is 0. The molecule has 4 rings (SSSR count). The van der Waals surface area contributed by atoms with Crippen molar-refractivity contribution in [2.75, 3.05) is 0 Å². The Labute approximate surface area is 166 Å². The van der Waals surface area contributed by atoms with Crippen LogP contribution < -0.4 is 11.1 Å². The highest BCUT2D eigenvalue weighted by molar-refractivity contribution is 8.18. The van der Waals surface area contributed by atoms with Gasteiger partial charge in [0.05, 0.1) is 10.6 Å². The molecule has 1 aromatic heterocycles. The lowest BCUT2D eigenvalue weighted by atomic mass is 10.1. The molecule has 0 spiro atoms. The molecule has 1 saturated heterocycles. The van der Waals surface area contributed by atoms with Gasteiger partial charge in [-0.3, -0.25) is 9.59 Å². The monoisotopic (exact) mass is 390 g/mol. The summed E-state index contributed by atoms with van der Waals surface area (Å²) in [6, 6.07) is 15.5. The summed E-state index contributed by atoms with van der Waals surface area (Å²) in [6.07, 6.45) is 3.66. The van der Waals surface area contributed by atoms with E-state index < -0.39 is 5.91 Å². The third kappa shape index (κ3) is 3.70. The molecule has 2 aromatic carbocycles. The minimum atomic E-state index is -0.416. The second-order valence-corrected chi connectivity index (χ2v) is 7.54. The second kappa shape index (κ2) is 7.36. The third-order valence-electron chi connectivity index (χ3n) is 4.35. The Morgan fingerprint density at radius 3 is 2.71 bits per heavy atom. The number of hydrogen-bond acceptors (Lipinski definition) is 4. The van der Waals surface area contributed by atoms with Crippen molar-refractivity contribution in [1.82, 2.24) is 9.88 Å². The number of thioether (sulfide) groups is 1. The van der Waals surface area contributed by atoms with E-state index in [1.54, 1.807) is 4.57 Å². The summed E-state index contributed by atoms with van der Waals surface area (Å²) in [5, 5.41) is 4.29. The molecule has 2 amide bonds. The van der Waals surface area contributed by atoms with E-state index in [0.717, 1.165) is 27.7 Å². The van der Waals surface area contributed by atoms with E-state index in [9.17, 15) is 9.59 Å². The molecule has 3 aromatic rings. The lowest BCUT2D eigenvalue weighted by Gasteiger charge is -2.00. The largest absolute Gasteiger partial charge is 0.368 e. The molecule has 7 heteroatoms. The summed E-state index contributed by atoms with van der Waals surface area (Å²) in [4.78, 5) is 28.8. The fraction of sp³-hybridized carbons (Fsp3) is 0.0952. The van der Waals surface area contributed by atoms with Crippen LogP contribution in [0.4, 0.5) is 5.69 Å². The molecule has 1 fully saturated rings. The summed E-state index contributed by atoms with van der Waals surface area (Å²) < 4.78 is 1.79. The maximum atomic E-state index is 12.4. The van der Waals surface area contributed by atoms with Gasteiger partial charge in [0, 0.05) is 22.7 Å². The molecular formula is C21H18N4O2S. The minimum Gasteiger partial charge on any atom is -0.368 e. The van der Waals surface area contributed by atoms with Gasteiger partial charge in [0.2, 0.25) is 5.91 Å². The predicted octanol–water partition coefficient (Wildman–Crippen LogP) is 3.33. The zero-order valence-corrected chi connectivity index (χ0v) is 16.0. The molecule has 0 bridgehead atoms. The molecule has 0 unspecified atom stereocenters. The lowest BCUT2D eigenvalue weighted by Crippen LogP contribution is -2.19. The van der Waals surface area contributed by atoms with Crippen LogP contribution in [0.3, 0.4) is 0 Å². The molecule has 1 aliphatic rings. The van der Waals surface area contributed by atoms with Gasteiger partial charge in [0.25, 0.3) is 5.91 Å². The number of amidine groups is 1. The highest BCUT2D eigenvalue weighted by Crippen LogP contribution is 2.31. The highest BCUT2D eigenvalue weighted by atomic mass is 32.2. The van der Waals surface area contributed by atoms with Crippen LogP contribution in [0.2, 0.25) is 0 Å². The Morgan fingerprint density at radius 1 is 1.21 bits per heavy atom. The van der Waals surface area contributed by atoms with E-state index in [2.05, 4.69) is 10.3 Å². The summed E-state index contributed by atoms with van der Waals surface area (Å²) in [5.41, 5.74) is 9.04. The number of aryl methyl sites for hydroxylation is 1. The molecular weight excluding hydrogens is 372 g/mol. The number of carbonyl (C=O) groups is 2. The van der Waals surface area contributed by atoms with Crippen LogP contribution in [0.25, 0.3) is 17.0 Å². The molecule has 0 atom stereocenters. The fourth-order valence-electron chi connectivity index (χ4n) is 3.05. The van der Waals surface area contributed by atoms with E-state index in [0.29, 0.717) is 10.1 Å². The van der Waals surface area contributed by atoms with E-state index in [1.807, 2.05) is 67.7 Å². The number of nitrogens with one attached hydrogen (secondary N) is 1. The van der Waals surface area contributed by atoms with Crippen molar-refractivity contribution in [2.45, 2.75) is 13.5 Å². The van der Waals surface area contributed by atoms with E-state index in [1.165, 1.54) is 11.8 Å². The van der Waals surface area contributed by atoms with Crippen LogP contribution in [0.5, 0.6) is 0 Å². The van der Waals surface area contributed by atoms with E-state index in [-0.39, 0.29) is 12.5 Å². The Morgan fingerprint density at radius 2 is 1.96 bits per heavy atom. The highest BCUT2D eigenvalue weighted by Gasteiger charge is 2.24.